The molecular weight excluding hydrogens is 380 g/mol. The molecule has 0 spiro atoms. The van der Waals surface area contributed by atoms with Crippen LogP contribution in [0.1, 0.15) is 22.8 Å². The molecule has 5 nitrogen and oxygen atoms in total. The van der Waals surface area contributed by atoms with Crippen LogP contribution in [0.25, 0.3) is 22.3 Å². The van der Waals surface area contributed by atoms with Crippen LogP contribution >= 0.6 is 11.8 Å². The van der Waals surface area contributed by atoms with E-state index in [0.29, 0.717) is 17.5 Å². The number of ketones is 1. The zero-order valence-corrected chi connectivity index (χ0v) is 17.1. The number of H-pyrrole nitrogens is 1. The molecule has 0 saturated carbocycles. The number of para-hydroxylation sites is 1. The summed E-state index contributed by atoms with van der Waals surface area (Å²) >= 11 is 1.41. The van der Waals surface area contributed by atoms with Crippen molar-refractivity contribution in [3.05, 3.63) is 78.5 Å². The first-order valence-electron chi connectivity index (χ1n) is 9.57. The van der Waals surface area contributed by atoms with Gasteiger partial charge in [-0.25, -0.2) is 0 Å². The summed E-state index contributed by atoms with van der Waals surface area (Å²) in [5.41, 5.74) is 3.97. The number of benzene rings is 2. The molecule has 29 heavy (non-hydrogen) atoms. The Hall–Kier alpha value is -3.12. The number of nitrogens with zero attached hydrogens (tertiary/aromatic N) is 3. The summed E-state index contributed by atoms with van der Waals surface area (Å²) in [6.07, 6.45) is 4.55. The van der Waals surface area contributed by atoms with Gasteiger partial charge < -0.3 is 4.98 Å². The number of nitrogens with one attached hydrogen (secondary N) is 1. The van der Waals surface area contributed by atoms with E-state index >= 15 is 0 Å². The van der Waals surface area contributed by atoms with Gasteiger partial charge in [0.05, 0.1) is 5.75 Å². The van der Waals surface area contributed by atoms with E-state index in [1.54, 1.807) is 0 Å². The van der Waals surface area contributed by atoms with E-state index in [0.717, 1.165) is 34.3 Å². The minimum atomic E-state index is 0.0731. The van der Waals surface area contributed by atoms with Crippen LogP contribution in [-0.4, -0.2) is 31.3 Å². The minimum absolute atomic E-state index is 0.0731. The molecule has 0 bridgehead atoms. The van der Waals surface area contributed by atoms with E-state index in [1.807, 2.05) is 59.3 Å². The lowest BCUT2D eigenvalue weighted by molar-refractivity contribution is 0.102. The highest BCUT2D eigenvalue weighted by Gasteiger charge is 2.17. The van der Waals surface area contributed by atoms with Gasteiger partial charge in [-0.2, -0.15) is 0 Å². The largest absolute Gasteiger partial charge is 0.360 e. The van der Waals surface area contributed by atoms with Crippen molar-refractivity contribution in [3.63, 3.8) is 0 Å². The molecule has 0 atom stereocenters. The molecule has 0 aliphatic carbocycles. The van der Waals surface area contributed by atoms with Crippen LogP contribution in [0.3, 0.4) is 0 Å². The molecule has 4 rings (SSSR count). The lowest BCUT2D eigenvalue weighted by Crippen LogP contribution is -2.05. The zero-order valence-electron chi connectivity index (χ0n) is 16.3. The quantitative estimate of drug-likeness (QED) is 0.251. The number of aromatic amines is 1. The number of allylic oxidation sites excluding steroid dienone is 1. The van der Waals surface area contributed by atoms with Gasteiger partial charge in [-0.05, 0) is 12.0 Å². The summed E-state index contributed by atoms with van der Waals surface area (Å²) < 4.78 is 1.99. The molecule has 1 N–H and O–H groups in total. The van der Waals surface area contributed by atoms with E-state index in [2.05, 4.69) is 34.8 Å². The number of Topliss-reactive ketones (excluding diaryl/α,β-unsaturated/α-hetero) is 1. The molecule has 0 fully saturated rings. The minimum Gasteiger partial charge on any atom is -0.360 e. The summed E-state index contributed by atoms with van der Waals surface area (Å²) in [6, 6.07) is 16.0. The fourth-order valence-electron chi connectivity index (χ4n) is 3.44. The highest BCUT2D eigenvalue weighted by molar-refractivity contribution is 7.99. The number of fused-ring (bicyclic) bond motifs is 1. The molecule has 0 aliphatic heterocycles. The second-order valence-electron chi connectivity index (χ2n) is 6.68. The first-order valence-corrected chi connectivity index (χ1v) is 10.6. The first-order chi connectivity index (χ1) is 14.2. The van der Waals surface area contributed by atoms with Crippen molar-refractivity contribution in [1.29, 1.82) is 0 Å². The Morgan fingerprint density at radius 2 is 2.00 bits per heavy atom. The van der Waals surface area contributed by atoms with E-state index in [1.165, 1.54) is 17.3 Å². The van der Waals surface area contributed by atoms with Crippen LogP contribution in [-0.2, 0) is 13.0 Å². The Morgan fingerprint density at radius 3 is 2.76 bits per heavy atom. The van der Waals surface area contributed by atoms with Crippen molar-refractivity contribution in [3.8, 4) is 11.4 Å². The molecule has 0 saturated heterocycles. The van der Waals surface area contributed by atoms with Gasteiger partial charge in [-0.15, -0.1) is 16.8 Å². The van der Waals surface area contributed by atoms with E-state index < -0.39 is 0 Å². The smallest absolute Gasteiger partial charge is 0.192 e. The number of hydrogen-bond acceptors (Lipinski definition) is 4. The second-order valence-corrected chi connectivity index (χ2v) is 7.62. The summed E-state index contributed by atoms with van der Waals surface area (Å²) in [5, 5.41) is 10.4. The van der Waals surface area contributed by atoms with Crippen LogP contribution in [0.2, 0.25) is 0 Å². The number of carbonyl (C=O) groups excluding carboxylic acids is 1. The van der Waals surface area contributed by atoms with Gasteiger partial charge in [-0.3, -0.25) is 9.36 Å². The lowest BCUT2D eigenvalue weighted by atomic mass is 10.1. The number of hydrogen-bond donors (Lipinski definition) is 1. The molecule has 146 valence electrons. The van der Waals surface area contributed by atoms with E-state index in [4.69, 9.17) is 0 Å². The van der Waals surface area contributed by atoms with Crippen LogP contribution in [0, 0.1) is 0 Å². The number of aromatic nitrogens is 4. The van der Waals surface area contributed by atoms with Crippen LogP contribution in [0.5, 0.6) is 0 Å². The van der Waals surface area contributed by atoms with Crippen LogP contribution in [0.15, 0.2) is 72.5 Å². The van der Waals surface area contributed by atoms with Gasteiger partial charge in [0.15, 0.2) is 16.8 Å². The molecule has 0 aliphatic rings. The Balaban J connectivity index is 1.57. The topological polar surface area (TPSA) is 63.6 Å². The number of carbonyl (C=O) groups is 1. The molecule has 0 radical (unpaired) electrons. The predicted octanol–water partition coefficient (Wildman–Crippen LogP) is 5.15. The first kappa shape index (κ1) is 19.2. The van der Waals surface area contributed by atoms with Gasteiger partial charge in [0.2, 0.25) is 0 Å². The molecular formula is C23H22N4OS. The number of aryl methyl sites for hydroxylation is 1. The lowest BCUT2D eigenvalue weighted by Gasteiger charge is -2.07. The highest BCUT2D eigenvalue weighted by atomic mass is 32.2. The number of rotatable bonds is 8. The number of thioether (sulfide) groups is 1. The molecule has 2 heterocycles. The third kappa shape index (κ3) is 3.76. The van der Waals surface area contributed by atoms with Crippen LogP contribution < -0.4 is 0 Å². The summed E-state index contributed by atoms with van der Waals surface area (Å²) in [7, 11) is 0. The average Bonchev–Trinajstić information content (AvgIpc) is 3.37. The van der Waals surface area contributed by atoms with Crippen LogP contribution in [0.4, 0.5) is 0 Å². The summed E-state index contributed by atoms with van der Waals surface area (Å²) in [6.45, 7) is 6.54. The van der Waals surface area contributed by atoms with Crippen molar-refractivity contribution < 1.29 is 4.79 Å². The van der Waals surface area contributed by atoms with Crippen molar-refractivity contribution >= 4 is 28.4 Å². The molecule has 0 amide bonds. The average molecular weight is 403 g/mol. The van der Waals surface area contributed by atoms with Crippen molar-refractivity contribution in [2.75, 3.05) is 5.75 Å². The Bertz CT molecular complexity index is 1160. The van der Waals surface area contributed by atoms with Crippen molar-refractivity contribution in [2.24, 2.45) is 0 Å². The maximum absolute atomic E-state index is 12.9. The molecule has 2 aromatic carbocycles. The van der Waals surface area contributed by atoms with Gasteiger partial charge >= 0.3 is 0 Å². The van der Waals surface area contributed by atoms with Gasteiger partial charge in [0, 0.05) is 34.8 Å². The molecule has 2 aromatic heterocycles. The van der Waals surface area contributed by atoms with Crippen molar-refractivity contribution in [1.82, 2.24) is 19.7 Å². The van der Waals surface area contributed by atoms with Gasteiger partial charge in [0.1, 0.15) is 0 Å². The van der Waals surface area contributed by atoms with E-state index in [-0.39, 0.29) is 5.78 Å². The van der Waals surface area contributed by atoms with Crippen molar-refractivity contribution in [2.45, 2.75) is 25.0 Å². The fourth-order valence-corrected chi connectivity index (χ4v) is 4.27. The second kappa shape index (κ2) is 8.49. The maximum atomic E-state index is 12.9. The molecule has 4 aromatic rings. The highest BCUT2D eigenvalue weighted by Crippen LogP contribution is 2.27. The Kier molecular flexibility index (Phi) is 5.62. The monoisotopic (exact) mass is 402 g/mol. The standard InChI is InChI=1S/C23H22N4OS/c1-3-13-27-22(17-9-6-5-7-10-17)25-26-23(27)29-15-20(28)19-14-24-21-16(4-2)11-8-12-18(19)21/h3,5-12,14,24H,1,4,13,15H2,2H3. The zero-order chi connectivity index (χ0) is 20.2. The fraction of sp³-hybridized carbons (Fsp3) is 0.174. The van der Waals surface area contributed by atoms with E-state index in [9.17, 15) is 4.79 Å². The SMILES string of the molecule is C=CCn1c(SCC(=O)c2c[nH]c3c(CC)cccc23)nnc1-c1ccccc1. The summed E-state index contributed by atoms with van der Waals surface area (Å²) in [5.74, 6) is 1.15. The normalized spacial score (nSPS) is 11.1. The maximum Gasteiger partial charge on any atom is 0.192 e. The predicted molar refractivity (Wildman–Crippen MR) is 118 cm³/mol. The Labute approximate surface area is 173 Å². The third-order valence-corrected chi connectivity index (χ3v) is 5.84. The molecule has 6 heteroatoms. The summed E-state index contributed by atoms with van der Waals surface area (Å²) in [4.78, 5) is 16.2. The van der Waals surface area contributed by atoms with Gasteiger partial charge in [-0.1, -0.05) is 73.3 Å². The van der Waals surface area contributed by atoms with Gasteiger partial charge in [0.25, 0.3) is 0 Å². The molecule has 0 unspecified atom stereocenters. The Morgan fingerprint density at radius 1 is 1.17 bits per heavy atom. The third-order valence-electron chi connectivity index (χ3n) is 4.88.